The van der Waals surface area contributed by atoms with Gasteiger partial charge in [0.1, 0.15) is 0 Å². The van der Waals surface area contributed by atoms with Crippen molar-refractivity contribution in [3.05, 3.63) is 23.8 Å². The molecule has 0 aliphatic carbocycles. The standard InChI is InChI=1S/C14H20N2O2/c1-4-5-9(2)16(3)10-6-7-11-12(8-10)15-14(18)13(11)17/h6-9,13,17H,4-5H2,1-3H3,(H,15,18). The van der Waals surface area contributed by atoms with Crippen LogP contribution < -0.4 is 10.2 Å². The number of aliphatic hydroxyl groups excluding tert-OH is 1. The van der Waals surface area contributed by atoms with Gasteiger partial charge in [-0.3, -0.25) is 4.79 Å². The number of benzene rings is 1. The fourth-order valence-corrected chi connectivity index (χ4v) is 2.32. The van der Waals surface area contributed by atoms with Crippen LogP contribution in [-0.4, -0.2) is 24.1 Å². The number of carbonyl (C=O) groups is 1. The molecular formula is C14H20N2O2. The van der Waals surface area contributed by atoms with Crippen molar-refractivity contribution >= 4 is 17.3 Å². The SMILES string of the molecule is CCCC(C)N(C)c1ccc2c(c1)NC(=O)C2O. The molecule has 18 heavy (non-hydrogen) atoms. The first kappa shape index (κ1) is 12.9. The van der Waals surface area contributed by atoms with Crippen LogP contribution in [0.5, 0.6) is 0 Å². The molecule has 2 N–H and O–H groups in total. The minimum absolute atomic E-state index is 0.341. The van der Waals surface area contributed by atoms with Crippen molar-refractivity contribution in [2.24, 2.45) is 0 Å². The van der Waals surface area contributed by atoms with Crippen molar-refractivity contribution in [3.63, 3.8) is 0 Å². The highest BCUT2D eigenvalue weighted by atomic mass is 16.3. The lowest BCUT2D eigenvalue weighted by Crippen LogP contribution is -2.28. The van der Waals surface area contributed by atoms with Crippen molar-refractivity contribution < 1.29 is 9.90 Å². The third-order valence-corrected chi connectivity index (χ3v) is 3.61. The molecule has 0 fully saturated rings. The van der Waals surface area contributed by atoms with E-state index < -0.39 is 6.10 Å². The summed E-state index contributed by atoms with van der Waals surface area (Å²) in [6.45, 7) is 4.35. The number of rotatable bonds is 4. The van der Waals surface area contributed by atoms with Crippen molar-refractivity contribution in [2.75, 3.05) is 17.3 Å². The first-order valence-electron chi connectivity index (χ1n) is 6.40. The Labute approximate surface area is 108 Å². The molecule has 2 atom stereocenters. The van der Waals surface area contributed by atoms with Gasteiger partial charge < -0.3 is 15.3 Å². The molecule has 2 unspecified atom stereocenters. The number of carbonyl (C=O) groups excluding carboxylic acids is 1. The summed E-state index contributed by atoms with van der Waals surface area (Å²) in [5.41, 5.74) is 2.45. The topological polar surface area (TPSA) is 52.6 Å². The van der Waals surface area contributed by atoms with E-state index in [-0.39, 0.29) is 5.91 Å². The summed E-state index contributed by atoms with van der Waals surface area (Å²) >= 11 is 0. The predicted octanol–water partition coefficient (Wildman–Crippen LogP) is 2.30. The number of hydrogen-bond donors (Lipinski definition) is 2. The van der Waals surface area contributed by atoms with Gasteiger partial charge in [0, 0.05) is 30.0 Å². The van der Waals surface area contributed by atoms with Gasteiger partial charge in [0.05, 0.1) is 0 Å². The smallest absolute Gasteiger partial charge is 0.257 e. The van der Waals surface area contributed by atoms with Gasteiger partial charge in [-0.15, -0.1) is 0 Å². The second-order valence-corrected chi connectivity index (χ2v) is 4.91. The van der Waals surface area contributed by atoms with Gasteiger partial charge in [0.15, 0.2) is 6.10 Å². The molecule has 0 spiro atoms. The molecule has 0 bridgehead atoms. The van der Waals surface area contributed by atoms with Crippen molar-refractivity contribution in [1.29, 1.82) is 0 Å². The average Bonchev–Trinajstić information content (AvgIpc) is 2.64. The maximum absolute atomic E-state index is 11.4. The van der Waals surface area contributed by atoms with E-state index in [0.29, 0.717) is 11.6 Å². The maximum Gasteiger partial charge on any atom is 0.257 e. The molecule has 1 aromatic rings. The lowest BCUT2D eigenvalue weighted by Gasteiger charge is -2.27. The second-order valence-electron chi connectivity index (χ2n) is 4.91. The molecule has 0 saturated heterocycles. The van der Waals surface area contributed by atoms with Crippen LogP contribution in [-0.2, 0) is 4.79 Å². The average molecular weight is 248 g/mol. The molecule has 98 valence electrons. The van der Waals surface area contributed by atoms with Crippen LogP contribution in [0.4, 0.5) is 11.4 Å². The van der Waals surface area contributed by atoms with Gasteiger partial charge in [0.25, 0.3) is 5.91 Å². The monoisotopic (exact) mass is 248 g/mol. The molecule has 1 aromatic carbocycles. The van der Waals surface area contributed by atoms with Crippen LogP contribution >= 0.6 is 0 Å². The van der Waals surface area contributed by atoms with Gasteiger partial charge in [-0.1, -0.05) is 19.4 Å². The lowest BCUT2D eigenvalue weighted by molar-refractivity contribution is -0.123. The highest BCUT2D eigenvalue weighted by Crippen LogP contribution is 2.34. The normalized spacial score (nSPS) is 19.3. The van der Waals surface area contributed by atoms with Crippen LogP contribution in [0.1, 0.15) is 38.4 Å². The summed E-state index contributed by atoms with van der Waals surface area (Å²) in [7, 11) is 2.05. The van der Waals surface area contributed by atoms with Crippen molar-refractivity contribution in [3.8, 4) is 0 Å². The number of fused-ring (bicyclic) bond motifs is 1. The fourth-order valence-electron chi connectivity index (χ4n) is 2.32. The molecule has 1 heterocycles. The zero-order chi connectivity index (χ0) is 13.3. The zero-order valence-corrected chi connectivity index (χ0v) is 11.1. The lowest BCUT2D eigenvalue weighted by atomic mass is 10.1. The molecule has 2 rings (SSSR count). The number of hydrogen-bond acceptors (Lipinski definition) is 3. The Morgan fingerprint density at radius 3 is 2.89 bits per heavy atom. The Bertz CT molecular complexity index is 459. The van der Waals surface area contributed by atoms with Crippen LogP contribution in [0.2, 0.25) is 0 Å². The Hall–Kier alpha value is -1.55. The number of nitrogens with one attached hydrogen (secondary N) is 1. The van der Waals surface area contributed by atoms with Crippen molar-refractivity contribution in [1.82, 2.24) is 0 Å². The van der Waals surface area contributed by atoms with E-state index in [1.165, 1.54) is 0 Å². The summed E-state index contributed by atoms with van der Waals surface area (Å²) < 4.78 is 0. The molecule has 1 aliphatic heterocycles. The first-order chi connectivity index (χ1) is 8.54. The minimum atomic E-state index is -1.02. The van der Waals surface area contributed by atoms with Gasteiger partial charge in [0.2, 0.25) is 0 Å². The van der Waals surface area contributed by atoms with E-state index in [1.807, 2.05) is 18.2 Å². The van der Waals surface area contributed by atoms with Crippen LogP contribution in [0.3, 0.4) is 0 Å². The molecule has 4 heteroatoms. The van der Waals surface area contributed by atoms with Gasteiger partial charge in [-0.05, 0) is 25.5 Å². The maximum atomic E-state index is 11.4. The van der Waals surface area contributed by atoms with Gasteiger partial charge in [-0.2, -0.15) is 0 Å². The third kappa shape index (κ3) is 2.20. The highest BCUT2D eigenvalue weighted by molar-refractivity contribution is 6.02. The van der Waals surface area contributed by atoms with E-state index in [9.17, 15) is 9.90 Å². The zero-order valence-electron chi connectivity index (χ0n) is 11.1. The third-order valence-electron chi connectivity index (χ3n) is 3.61. The Morgan fingerprint density at radius 1 is 1.50 bits per heavy atom. The van der Waals surface area contributed by atoms with Crippen LogP contribution in [0.25, 0.3) is 0 Å². The Kier molecular flexibility index (Phi) is 3.57. The molecule has 0 aromatic heterocycles. The van der Waals surface area contributed by atoms with Crippen molar-refractivity contribution in [2.45, 2.75) is 38.8 Å². The summed E-state index contributed by atoms with van der Waals surface area (Å²) in [6.07, 6.45) is 1.25. The Balaban J connectivity index is 2.23. The van der Waals surface area contributed by atoms with E-state index in [1.54, 1.807) is 0 Å². The Morgan fingerprint density at radius 2 is 2.22 bits per heavy atom. The van der Waals surface area contributed by atoms with Gasteiger partial charge in [-0.25, -0.2) is 0 Å². The number of amides is 1. The molecule has 1 amide bonds. The molecule has 0 radical (unpaired) electrons. The summed E-state index contributed by atoms with van der Waals surface area (Å²) in [4.78, 5) is 13.6. The number of anilines is 2. The second kappa shape index (κ2) is 4.98. The summed E-state index contributed by atoms with van der Waals surface area (Å²) in [5.74, 6) is -0.341. The van der Waals surface area contributed by atoms with E-state index >= 15 is 0 Å². The largest absolute Gasteiger partial charge is 0.378 e. The minimum Gasteiger partial charge on any atom is -0.378 e. The fraction of sp³-hybridized carbons (Fsp3) is 0.500. The highest BCUT2D eigenvalue weighted by Gasteiger charge is 2.28. The summed E-state index contributed by atoms with van der Waals surface area (Å²) in [6, 6.07) is 6.15. The number of aliphatic hydroxyl groups is 1. The molecule has 0 saturated carbocycles. The quantitative estimate of drug-likeness (QED) is 0.859. The molecule has 1 aliphatic rings. The van der Waals surface area contributed by atoms with E-state index in [4.69, 9.17) is 0 Å². The van der Waals surface area contributed by atoms with Crippen LogP contribution in [0, 0.1) is 0 Å². The molecular weight excluding hydrogens is 228 g/mol. The summed E-state index contributed by atoms with van der Waals surface area (Å²) in [5, 5.41) is 12.3. The predicted molar refractivity (Wildman–Crippen MR) is 72.8 cm³/mol. The van der Waals surface area contributed by atoms with Gasteiger partial charge >= 0.3 is 0 Å². The van der Waals surface area contributed by atoms with E-state index in [0.717, 1.165) is 24.2 Å². The van der Waals surface area contributed by atoms with E-state index in [2.05, 4.69) is 31.1 Å². The number of nitrogens with zero attached hydrogens (tertiary/aromatic N) is 1. The first-order valence-corrected chi connectivity index (χ1v) is 6.40. The molecule has 4 nitrogen and oxygen atoms in total. The van der Waals surface area contributed by atoms with Crippen LogP contribution in [0.15, 0.2) is 18.2 Å².